The number of carbonyl (C=O) groups excluding carboxylic acids is 1. The number of anilines is 2. The molecule has 2 N–H and O–H groups in total. The normalized spacial score (nSPS) is 9.69. The van der Waals surface area contributed by atoms with Crippen molar-refractivity contribution < 1.29 is 9.53 Å². The molecule has 0 heterocycles. The molecular formula is C11H17N3O2. The molecule has 0 unspecified atom stereocenters. The molecule has 5 heteroatoms. The maximum absolute atomic E-state index is 11.3. The van der Waals surface area contributed by atoms with Crippen LogP contribution in [0.2, 0.25) is 0 Å². The summed E-state index contributed by atoms with van der Waals surface area (Å²) in [6.07, 6.45) is 0. The molecule has 5 nitrogen and oxygen atoms in total. The molecule has 0 spiro atoms. The lowest BCUT2D eigenvalue weighted by Crippen LogP contribution is -2.30. The zero-order chi connectivity index (χ0) is 12.0. The number of hydrogen-bond acceptors (Lipinski definition) is 3. The summed E-state index contributed by atoms with van der Waals surface area (Å²) in [4.78, 5) is 13.3. The topological polar surface area (TPSA) is 53.6 Å². The molecule has 0 saturated carbocycles. The van der Waals surface area contributed by atoms with Crippen LogP contribution in [0.5, 0.6) is 0 Å². The van der Waals surface area contributed by atoms with Crippen LogP contribution >= 0.6 is 0 Å². The van der Waals surface area contributed by atoms with Gasteiger partial charge in [0.1, 0.15) is 6.73 Å². The summed E-state index contributed by atoms with van der Waals surface area (Å²) >= 11 is 0. The Morgan fingerprint density at radius 3 is 2.44 bits per heavy atom. The van der Waals surface area contributed by atoms with E-state index in [1.54, 1.807) is 0 Å². The summed E-state index contributed by atoms with van der Waals surface area (Å²) in [6.45, 7) is 0.196. The fourth-order valence-electron chi connectivity index (χ4n) is 1.16. The summed E-state index contributed by atoms with van der Waals surface area (Å²) in [5, 5.41) is 5.23. The number of nitrogens with one attached hydrogen (secondary N) is 2. The van der Waals surface area contributed by atoms with Crippen LogP contribution in [0.15, 0.2) is 24.3 Å². The molecule has 0 aliphatic heterocycles. The summed E-state index contributed by atoms with van der Waals surface area (Å²) in [5.41, 5.74) is 1.84. The summed E-state index contributed by atoms with van der Waals surface area (Å²) in [6, 6.07) is 7.29. The van der Waals surface area contributed by atoms with Crippen LogP contribution in [0.4, 0.5) is 16.2 Å². The first kappa shape index (κ1) is 12.3. The Kier molecular flexibility index (Phi) is 4.60. The lowest BCUT2D eigenvalue weighted by molar-refractivity contribution is 0.177. The van der Waals surface area contributed by atoms with Crippen molar-refractivity contribution in [2.75, 3.05) is 38.2 Å². The van der Waals surface area contributed by atoms with Gasteiger partial charge in [-0.2, -0.15) is 0 Å². The zero-order valence-corrected chi connectivity index (χ0v) is 9.78. The van der Waals surface area contributed by atoms with E-state index in [0.717, 1.165) is 11.4 Å². The number of carbonyl (C=O) groups is 1. The number of amides is 2. The molecule has 1 rings (SSSR count). The highest BCUT2D eigenvalue weighted by Crippen LogP contribution is 2.15. The van der Waals surface area contributed by atoms with Crippen molar-refractivity contribution in [3.63, 3.8) is 0 Å². The molecule has 0 bridgehead atoms. The van der Waals surface area contributed by atoms with Gasteiger partial charge in [0.25, 0.3) is 0 Å². The van der Waals surface area contributed by atoms with Gasteiger partial charge in [0.05, 0.1) is 0 Å². The molecule has 2 amide bonds. The van der Waals surface area contributed by atoms with Gasteiger partial charge in [-0.1, -0.05) is 0 Å². The first-order chi connectivity index (χ1) is 7.63. The van der Waals surface area contributed by atoms with E-state index in [2.05, 4.69) is 10.6 Å². The number of rotatable bonds is 4. The fourth-order valence-corrected chi connectivity index (χ4v) is 1.16. The molecule has 1 aromatic carbocycles. The molecule has 0 atom stereocenters. The Bertz CT molecular complexity index is 336. The smallest absolute Gasteiger partial charge is 0.321 e. The first-order valence-corrected chi connectivity index (χ1v) is 4.94. The molecule has 0 fully saturated rings. The van der Waals surface area contributed by atoms with Gasteiger partial charge in [-0.3, -0.25) is 0 Å². The summed E-state index contributed by atoms with van der Waals surface area (Å²) in [5.74, 6) is 0. The second-order valence-electron chi connectivity index (χ2n) is 3.51. The highest BCUT2D eigenvalue weighted by molar-refractivity contribution is 5.89. The molecule has 0 aromatic heterocycles. The largest absolute Gasteiger partial charge is 0.378 e. The van der Waals surface area contributed by atoms with Crippen LogP contribution in [0.3, 0.4) is 0 Å². The third kappa shape index (κ3) is 3.78. The van der Waals surface area contributed by atoms with Crippen molar-refractivity contribution in [1.82, 2.24) is 5.32 Å². The van der Waals surface area contributed by atoms with E-state index in [1.807, 2.05) is 43.3 Å². The standard InChI is InChI=1S/C11H17N3O2/c1-14(2)10-6-4-9(5-7-10)13-11(15)12-8-16-3/h4-7H,8H2,1-3H3,(H2,12,13,15). The molecule has 0 saturated heterocycles. The zero-order valence-electron chi connectivity index (χ0n) is 9.78. The van der Waals surface area contributed by atoms with E-state index in [0.29, 0.717) is 0 Å². The van der Waals surface area contributed by atoms with E-state index in [-0.39, 0.29) is 12.8 Å². The maximum Gasteiger partial charge on any atom is 0.321 e. The number of methoxy groups -OCH3 is 1. The molecule has 0 aliphatic rings. The average molecular weight is 223 g/mol. The minimum Gasteiger partial charge on any atom is -0.378 e. The summed E-state index contributed by atoms with van der Waals surface area (Å²) in [7, 11) is 5.45. The van der Waals surface area contributed by atoms with E-state index in [9.17, 15) is 4.79 Å². The van der Waals surface area contributed by atoms with Crippen LogP contribution in [0.1, 0.15) is 0 Å². The number of urea groups is 1. The third-order valence-electron chi connectivity index (χ3n) is 2.02. The Balaban J connectivity index is 2.51. The second-order valence-corrected chi connectivity index (χ2v) is 3.51. The fraction of sp³-hybridized carbons (Fsp3) is 0.364. The maximum atomic E-state index is 11.3. The highest BCUT2D eigenvalue weighted by atomic mass is 16.5. The van der Waals surface area contributed by atoms with Gasteiger partial charge in [-0.05, 0) is 24.3 Å². The number of hydrogen-bond donors (Lipinski definition) is 2. The Morgan fingerprint density at radius 1 is 1.31 bits per heavy atom. The predicted molar refractivity (Wildman–Crippen MR) is 64.8 cm³/mol. The minimum atomic E-state index is -0.278. The van der Waals surface area contributed by atoms with Gasteiger partial charge in [-0.25, -0.2) is 4.79 Å². The van der Waals surface area contributed by atoms with Gasteiger partial charge in [0.2, 0.25) is 0 Å². The predicted octanol–water partition coefficient (Wildman–Crippen LogP) is 1.48. The van der Waals surface area contributed by atoms with E-state index >= 15 is 0 Å². The number of nitrogens with zero attached hydrogens (tertiary/aromatic N) is 1. The lowest BCUT2D eigenvalue weighted by atomic mass is 10.2. The molecule has 16 heavy (non-hydrogen) atoms. The van der Waals surface area contributed by atoms with Gasteiger partial charge >= 0.3 is 6.03 Å². The van der Waals surface area contributed by atoms with Gasteiger partial charge in [-0.15, -0.1) is 0 Å². The minimum absolute atomic E-state index is 0.196. The average Bonchev–Trinajstić information content (AvgIpc) is 2.27. The number of benzene rings is 1. The second kappa shape index (κ2) is 5.97. The Morgan fingerprint density at radius 2 is 1.94 bits per heavy atom. The van der Waals surface area contributed by atoms with Crippen LogP contribution < -0.4 is 15.5 Å². The quantitative estimate of drug-likeness (QED) is 0.760. The molecular weight excluding hydrogens is 206 g/mol. The van der Waals surface area contributed by atoms with Crippen molar-refractivity contribution >= 4 is 17.4 Å². The highest BCUT2D eigenvalue weighted by Gasteiger charge is 2.00. The van der Waals surface area contributed by atoms with Crippen molar-refractivity contribution in [3.05, 3.63) is 24.3 Å². The van der Waals surface area contributed by atoms with Crippen molar-refractivity contribution in [1.29, 1.82) is 0 Å². The van der Waals surface area contributed by atoms with E-state index < -0.39 is 0 Å². The van der Waals surface area contributed by atoms with Crippen LogP contribution in [-0.4, -0.2) is 34.0 Å². The summed E-state index contributed by atoms with van der Waals surface area (Å²) < 4.78 is 4.72. The molecule has 0 aliphatic carbocycles. The molecule has 1 aromatic rings. The van der Waals surface area contributed by atoms with Crippen molar-refractivity contribution in [2.45, 2.75) is 0 Å². The monoisotopic (exact) mass is 223 g/mol. The van der Waals surface area contributed by atoms with Gasteiger partial charge in [0.15, 0.2) is 0 Å². The van der Waals surface area contributed by atoms with Crippen molar-refractivity contribution in [2.24, 2.45) is 0 Å². The van der Waals surface area contributed by atoms with E-state index in [4.69, 9.17) is 4.74 Å². The molecule has 88 valence electrons. The van der Waals surface area contributed by atoms with Crippen molar-refractivity contribution in [3.8, 4) is 0 Å². The Labute approximate surface area is 95.4 Å². The van der Waals surface area contributed by atoms with Gasteiger partial charge < -0.3 is 20.3 Å². The first-order valence-electron chi connectivity index (χ1n) is 4.94. The lowest BCUT2D eigenvalue weighted by Gasteiger charge is -2.13. The van der Waals surface area contributed by atoms with Crippen LogP contribution in [0.25, 0.3) is 0 Å². The van der Waals surface area contributed by atoms with Crippen LogP contribution in [-0.2, 0) is 4.74 Å². The van der Waals surface area contributed by atoms with Crippen LogP contribution in [0, 0.1) is 0 Å². The van der Waals surface area contributed by atoms with Gasteiger partial charge in [0, 0.05) is 32.6 Å². The molecule has 0 radical (unpaired) electrons. The van der Waals surface area contributed by atoms with E-state index in [1.165, 1.54) is 7.11 Å². The SMILES string of the molecule is COCNC(=O)Nc1ccc(N(C)C)cc1. The third-order valence-corrected chi connectivity index (χ3v) is 2.02. The number of ether oxygens (including phenoxy) is 1. The Hall–Kier alpha value is -1.75.